The van der Waals surface area contributed by atoms with Crippen LogP contribution in [0.4, 0.5) is 0 Å². The summed E-state index contributed by atoms with van der Waals surface area (Å²) in [6.45, 7) is 9.16. The normalized spacial score (nSPS) is 20.1. The van der Waals surface area contributed by atoms with Crippen molar-refractivity contribution in [1.29, 1.82) is 0 Å². The van der Waals surface area contributed by atoms with E-state index in [0.717, 1.165) is 30.3 Å². The van der Waals surface area contributed by atoms with Crippen LogP contribution in [0.5, 0.6) is 0 Å². The summed E-state index contributed by atoms with van der Waals surface area (Å²) in [6, 6.07) is 7.03. The second-order valence-corrected chi connectivity index (χ2v) is 6.66. The summed E-state index contributed by atoms with van der Waals surface area (Å²) in [5.41, 5.74) is 2.14. The molecule has 1 aliphatic heterocycles. The molecule has 1 saturated heterocycles. The molecular formula is C17H26N4. The monoisotopic (exact) mass is 286 g/mol. The van der Waals surface area contributed by atoms with Gasteiger partial charge in [0.05, 0.1) is 5.69 Å². The number of rotatable bonds is 5. The number of aromatic nitrogens is 2. The summed E-state index contributed by atoms with van der Waals surface area (Å²) in [4.78, 5) is 12.9. The van der Waals surface area contributed by atoms with Crippen LogP contribution in [-0.2, 0) is 6.54 Å². The Morgan fingerprint density at radius 3 is 3.00 bits per heavy atom. The Labute approximate surface area is 127 Å². The predicted molar refractivity (Wildman–Crippen MR) is 87.2 cm³/mol. The Morgan fingerprint density at radius 2 is 2.24 bits per heavy atom. The molecule has 21 heavy (non-hydrogen) atoms. The SMILES string of the molecule is CC(C)N1CC[C@@H](CN(C)Cc2ccc3cc[nH]c3n2)C1. The first-order valence-electron chi connectivity index (χ1n) is 7.97. The number of hydrogen-bond donors (Lipinski definition) is 1. The highest BCUT2D eigenvalue weighted by molar-refractivity contribution is 5.75. The fourth-order valence-electron chi connectivity index (χ4n) is 3.32. The van der Waals surface area contributed by atoms with Crippen molar-refractivity contribution >= 4 is 11.0 Å². The predicted octanol–water partition coefficient (Wildman–Crippen LogP) is 2.73. The first-order valence-corrected chi connectivity index (χ1v) is 7.97. The van der Waals surface area contributed by atoms with Gasteiger partial charge in [-0.05, 0) is 58.0 Å². The van der Waals surface area contributed by atoms with E-state index in [2.05, 4.69) is 58.9 Å². The maximum Gasteiger partial charge on any atom is 0.137 e. The number of nitrogens with one attached hydrogen (secondary N) is 1. The topological polar surface area (TPSA) is 35.2 Å². The van der Waals surface area contributed by atoms with Gasteiger partial charge >= 0.3 is 0 Å². The van der Waals surface area contributed by atoms with Crippen molar-refractivity contribution in [2.75, 3.05) is 26.7 Å². The van der Waals surface area contributed by atoms with E-state index in [1.54, 1.807) is 0 Å². The lowest BCUT2D eigenvalue weighted by Gasteiger charge is -2.23. The molecule has 2 aromatic heterocycles. The number of aromatic amines is 1. The molecule has 0 bridgehead atoms. The maximum atomic E-state index is 4.69. The number of nitrogens with zero attached hydrogens (tertiary/aromatic N) is 3. The van der Waals surface area contributed by atoms with Gasteiger partial charge in [0, 0.05) is 37.3 Å². The van der Waals surface area contributed by atoms with Crippen LogP contribution in [0, 0.1) is 5.92 Å². The van der Waals surface area contributed by atoms with Gasteiger partial charge in [0.1, 0.15) is 5.65 Å². The minimum Gasteiger partial charge on any atom is -0.346 e. The number of pyridine rings is 1. The van der Waals surface area contributed by atoms with E-state index in [-0.39, 0.29) is 0 Å². The highest BCUT2D eigenvalue weighted by Gasteiger charge is 2.24. The van der Waals surface area contributed by atoms with Gasteiger partial charge in [-0.1, -0.05) is 0 Å². The van der Waals surface area contributed by atoms with E-state index in [1.165, 1.54) is 24.9 Å². The van der Waals surface area contributed by atoms with Crippen LogP contribution in [-0.4, -0.2) is 52.5 Å². The van der Waals surface area contributed by atoms with Crippen LogP contribution in [0.2, 0.25) is 0 Å². The van der Waals surface area contributed by atoms with Crippen molar-refractivity contribution in [3.8, 4) is 0 Å². The van der Waals surface area contributed by atoms with Crippen molar-refractivity contribution < 1.29 is 0 Å². The van der Waals surface area contributed by atoms with Crippen molar-refractivity contribution in [2.45, 2.75) is 32.9 Å². The molecule has 1 fully saturated rings. The van der Waals surface area contributed by atoms with Gasteiger partial charge in [-0.15, -0.1) is 0 Å². The third kappa shape index (κ3) is 3.44. The van der Waals surface area contributed by atoms with Gasteiger partial charge in [-0.3, -0.25) is 0 Å². The molecule has 1 aliphatic rings. The van der Waals surface area contributed by atoms with Gasteiger partial charge < -0.3 is 14.8 Å². The lowest BCUT2D eigenvalue weighted by molar-refractivity contribution is 0.234. The Kier molecular flexibility index (Phi) is 4.27. The minimum absolute atomic E-state index is 0.678. The molecule has 0 aliphatic carbocycles. The number of hydrogen-bond acceptors (Lipinski definition) is 3. The van der Waals surface area contributed by atoms with Crippen molar-refractivity contribution in [1.82, 2.24) is 19.8 Å². The molecule has 0 saturated carbocycles. The van der Waals surface area contributed by atoms with Crippen LogP contribution in [0.15, 0.2) is 24.4 Å². The fraction of sp³-hybridized carbons (Fsp3) is 0.588. The molecular weight excluding hydrogens is 260 g/mol. The minimum atomic E-state index is 0.678. The number of likely N-dealkylation sites (tertiary alicyclic amines) is 1. The summed E-state index contributed by atoms with van der Waals surface area (Å²) in [5, 5.41) is 1.18. The highest BCUT2D eigenvalue weighted by atomic mass is 15.2. The zero-order valence-electron chi connectivity index (χ0n) is 13.3. The molecule has 3 heterocycles. The van der Waals surface area contributed by atoms with Crippen molar-refractivity contribution in [3.05, 3.63) is 30.1 Å². The van der Waals surface area contributed by atoms with E-state index in [4.69, 9.17) is 0 Å². The van der Waals surface area contributed by atoms with Gasteiger partial charge in [-0.2, -0.15) is 0 Å². The van der Waals surface area contributed by atoms with Gasteiger partial charge in [0.2, 0.25) is 0 Å². The quantitative estimate of drug-likeness (QED) is 0.918. The molecule has 1 N–H and O–H groups in total. The van der Waals surface area contributed by atoms with Gasteiger partial charge in [0.25, 0.3) is 0 Å². The largest absolute Gasteiger partial charge is 0.346 e. The molecule has 2 aromatic rings. The molecule has 0 spiro atoms. The zero-order valence-corrected chi connectivity index (χ0v) is 13.3. The molecule has 1 atom stereocenters. The van der Waals surface area contributed by atoms with Gasteiger partial charge in [0.15, 0.2) is 0 Å². The third-order valence-corrected chi connectivity index (χ3v) is 4.52. The molecule has 0 radical (unpaired) electrons. The van der Waals surface area contributed by atoms with E-state index in [1.807, 2.05) is 6.20 Å². The van der Waals surface area contributed by atoms with E-state index in [9.17, 15) is 0 Å². The molecule has 3 rings (SSSR count). The lowest BCUT2D eigenvalue weighted by Crippen LogP contribution is -2.31. The lowest BCUT2D eigenvalue weighted by atomic mass is 10.1. The molecule has 0 amide bonds. The molecule has 114 valence electrons. The average molecular weight is 286 g/mol. The standard InChI is InChI=1S/C17H26N4/c1-13(2)21-9-7-14(11-21)10-20(3)12-16-5-4-15-6-8-18-17(15)19-16/h4-6,8,13-14H,7,9-12H2,1-3H3,(H,18,19)/t14-/m0/s1. The second kappa shape index (κ2) is 6.16. The Morgan fingerprint density at radius 1 is 1.38 bits per heavy atom. The van der Waals surface area contributed by atoms with Crippen LogP contribution in [0.3, 0.4) is 0 Å². The molecule has 4 nitrogen and oxygen atoms in total. The van der Waals surface area contributed by atoms with Crippen LogP contribution in [0.1, 0.15) is 26.0 Å². The summed E-state index contributed by atoms with van der Waals surface area (Å²) in [6.07, 6.45) is 3.27. The highest BCUT2D eigenvalue weighted by Crippen LogP contribution is 2.20. The smallest absolute Gasteiger partial charge is 0.137 e. The van der Waals surface area contributed by atoms with E-state index in [0.29, 0.717) is 6.04 Å². The summed E-state index contributed by atoms with van der Waals surface area (Å²) in [5.74, 6) is 0.798. The number of fused-ring (bicyclic) bond motifs is 1. The summed E-state index contributed by atoms with van der Waals surface area (Å²) >= 11 is 0. The Balaban J connectivity index is 1.55. The summed E-state index contributed by atoms with van der Waals surface area (Å²) < 4.78 is 0. The Hall–Kier alpha value is -1.39. The van der Waals surface area contributed by atoms with Crippen LogP contribution < -0.4 is 0 Å². The first-order chi connectivity index (χ1) is 10.1. The van der Waals surface area contributed by atoms with Crippen molar-refractivity contribution in [2.24, 2.45) is 5.92 Å². The van der Waals surface area contributed by atoms with Crippen molar-refractivity contribution in [3.63, 3.8) is 0 Å². The molecule has 4 heteroatoms. The van der Waals surface area contributed by atoms with Crippen LogP contribution >= 0.6 is 0 Å². The maximum absolute atomic E-state index is 4.69. The first kappa shape index (κ1) is 14.5. The molecule has 0 aromatic carbocycles. The zero-order chi connectivity index (χ0) is 14.8. The second-order valence-electron chi connectivity index (χ2n) is 6.66. The van der Waals surface area contributed by atoms with E-state index < -0.39 is 0 Å². The third-order valence-electron chi connectivity index (χ3n) is 4.52. The number of H-pyrrole nitrogens is 1. The Bertz CT molecular complexity index is 589. The van der Waals surface area contributed by atoms with Gasteiger partial charge in [-0.25, -0.2) is 4.98 Å². The van der Waals surface area contributed by atoms with Crippen LogP contribution in [0.25, 0.3) is 11.0 Å². The summed E-state index contributed by atoms with van der Waals surface area (Å²) in [7, 11) is 2.21. The average Bonchev–Trinajstić information content (AvgIpc) is 3.06. The fourth-order valence-corrected chi connectivity index (χ4v) is 3.32. The molecule has 0 unspecified atom stereocenters. The van der Waals surface area contributed by atoms with E-state index >= 15 is 0 Å².